The summed E-state index contributed by atoms with van der Waals surface area (Å²) in [5.74, 6) is -3.47. The largest absolute Gasteiger partial charge is 0.481 e. The van der Waals surface area contributed by atoms with Crippen molar-refractivity contribution in [2.24, 2.45) is 11.8 Å². The highest BCUT2D eigenvalue weighted by molar-refractivity contribution is 5.94. The molecule has 2 fully saturated rings. The van der Waals surface area contributed by atoms with E-state index in [0.29, 0.717) is 18.7 Å². The number of hydrazine groups is 1. The fourth-order valence-corrected chi connectivity index (χ4v) is 3.32. The molecule has 1 aromatic carbocycles. The lowest BCUT2D eigenvalue weighted by Gasteiger charge is -2.36. The minimum absolute atomic E-state index is 0.0900. The highest BCUT2D eigenvalue weighted by atomic mass is 19.1. The summed E-state index contributed by atoms with van der Waals surface area (Å²) in [5.41, 5.74) is 6.16. The molecule has 0 radical (unpaired) electrons. The molecular formula is C17H21FN4O4. The zero-order valence-electron chi connectivity index (χ0n) is 14.1. The number of piperidine rings is 1. The van der Waals surface area contributed by atoms with Gasteiger partial charge in [0, 0.05) is 25.3 Å². The van der Waals surface area contributed by atoms with Crippen molar-refractivity contribution in [3.05, 3.63) is 30.1 Å². The lowest BCUT2D eigenvalue weighted by molar-refractivity contribution is -0.148. The predicted molar refractivity (Wildman–Crippen MR) is 90.4 cm³/mol. The number of benzene rings is 1. The van der Waals surface area contributed by atoms with Crippen LogP contribution in [-0.4, -0.2) is 53.5 Å². The van der Waals surface area contributed by atoms with E-state index in [1.807, 2.05) is 0 Å². The molecule has 3 atom stereocenters. The summed E-state index contributed by atoms with van der Waals surface area (Å²) in [6, 6.07) is 4.91. The highest BCUT2D eigenvalue weighted by Gasteiger charge is 2.39. The molecule has 2 aliphatic heterocycles. The van der Waals surface area contributed by atoms with Crippen LogP contribution < -0.4 is 16.2 Å². The van der Waals surface area contributed by atoms with Crippen molar-refractivity contribution in [3.63, 3.8) is 0 Å². The van der Waals surface area contributed by atoms with Crippen LogP contribution in [0.5, 0.6) is 0 Å². The van der Waals surface area contributed by atoms with Crippen molar-refractivity contribution >= 4 is 23.5 Å². The van der Waals surface area contributed by atoms with Gasteiger partial charge in [-0.05, 0) is 37.1 Å². The zero-order chi connectivity index (χ0) is 18.7. The number of aliphatic carboxylic acids is 1. The minimum Gasteiger partial charge on any atom is -0.481 e. The average molecular weight is 364 g/mol. The molecular weight excluding hydrogens is 343 g/mol. The summed E-state index contributed by atoms with van der Waals surface area (Å²) in [6.07, 6.45) is 0.766. The number of rotatable bonds is 4. The third-order valence-corrected chi connectivity index (χ3v) is 4.73. The fourth-order valence-electron chi connectivity index (χ4n) is 3.32. The zero-order valence-corrected chi connectivity index (χ0v) is 14.1. The quantitative estimate of drug-likeness (QED) is 0.607. The predicted octanol–water partition coefficient (Wildman–Crippen LogP) is 0.180. The van der Waals surface area contributed by atoms with Gasteiger partial charge in [-0.2, -0.15) is 0 Å². The lowest BCUT2D eigenvalue weighted by atomic mass is 9.88. The van der Waals surface area contributed by atoms with Crippen LogP contribution >= 0.6 is 0 Å². The molecule has 0 saturated carbocycles. The summed E-state index contributed by atoms with van der Waals surface area (Å²) in [5, 5.41) is 12.0. The first kappa shape index (κ1) is 18.3. The van der Waals surface area contributed by atoms with Gasteiger partial charge in [-0.25, -0.2) is 9.82 Å². The number of carbonyl (C=O) groups is 3. The van der Waals surface area contributed by atoms with Crippen LogP contribution in [0.25, 0.3) is 0 Å². The Labute approximate surface area is 149 Å². The number of nitrogens with one attached hydrogen (secondary N) is 3. The second kappa shape index (κ2) is 7.79. The molecule has 0 spiro atoms. The van der Waals surface area contributed by atoms with E-state index >= 15 is 0 Å². The van der Waals surface area contributed by atoms with Gasteiger partial charge in [-0.15, -0.1) is 0 Å². The smallest absolute Gasteiger partial charge is 0.308 e. The van der Waals surface area contributed by atoms with Gasteiger partial charge in [0.15, 0.2) is 0 Å². The third-order valence-electron chi connectivity index (χ3n) is 4.73. The summed E-state index contributed by atoms with van der Waals surface area (Å²) >= 11 is 0. The molecule has 2 amide bonds. The Hall–Kier alpha value is -2.52. The van der Waals surface area contributed by atoms with E-state index in [-0.39, 0.29) is 31.3 Å². The Morgan fingerprint density at radius 3 is 2.46 bits per heavy atom. The molecule has 0 aromatic heterocycles. The molecule has 4 N–H and O–H groups in total. The molecule has 2 aliphatic rings. The Kier molecular flexibility index (Phi) is 5.48. The van der Waals surface area contributed by atoms with Gasteiger partial charge in [0.1, 0.15) is 11.9 Å². The number of halogens is 1. The number of carboxylic acids is 1. The normalized spacial score (nSPS) is 25.7. The molecule has 3 rings (SSSR count). The second-order valence-corrected chi connectivity index (χ2v) is 6.62. The lowest BCUT2D eigenvalue weighted by Crippen LogP contribution is -2.54. The summed E-state index contributed by atoms with van der Waals surface area (Å²) in [7, 11) is 0. The molecule has 0 aliphatic carbocycles. The summed E-state index contributed by atoms with van der Waals surface area (Å²) in [6.45, 7) is 0.904. The molecule has 2 heterocycles. The Balaban J connectivity index is 1.70. The van der Waals surface area contributed by atoms with E-state index in [1.165, 1.54) is 29.2 Å². The van der Waals surface area contributed by atoms with Gasteiger partial charge in [-0.3, -0.25) is 19.8 Å². The molecule has 9 heteroatoms. The fraction of sp³-hybridized carbons (Fsp3) is 0.471. The third kappa shape index (κ3) is 4.17. The van der Waals surface area contributed by atoms with Crippen molar-refractivity contribution < 1.29 is 23.9 Å². The van der Waals surface area contributed by atoms with Crippen molar-refractivity contribution in [3.8, 4) is 0 Å². The first-order valence-electron chi connectivity index (χ1n) is 8.50. The SMILES string of the molecule is O=C(O)[C@@H]1C[C@H](C(=O)Nc2ccc(F)cc2)CN(C(=O)C2CCNN2)C1. The summed E-state index contributed by atoms with van der Waals surface area (Å²) in [4.78, 5) is 38.1. The van der Waals surface area contributed by atoms with Gasteiger partial charge in [-0.1, -0.05) is 0 Å². The second-order valence-electron chi connectivity index (χ2n) is 6.62. The van der Waals surface area contributed by atoms with E-state index in [4.69, 9.17) is 0 Å². The number of likely N-dealkylation sites (tertiary alicyclic amines) is 1. The maximum atomic E-state index is 13.0. The maximum absolute atomic E-state index is 13.0. The van der Waals surface area contributed by atoms with Crippen LogP contribution in [-0.2, 0) is 14.4 Å². The van der Waals surface area contributed by atoms with Crippen LogP contribution in [0.2, 0.25) is 0 Å². The standard InChI is InChI=1S/C17H21FN4O4/c18-12-1-3-13(4-2-12)20-15(23)10-7-11(17(25)26)9-22(8-10)16(24)14-5-6-19-21-14/h1-4,10-11,14,19,21H,5-9H2,(H,20,23)(H,25,26)/t10-,11+,14?/m0/s1. The number of hydrogen-bond donors (Lipinski definition) is 4. The monoisotopic (exact) mass is 364 g/mol. The Bertz CT molecular complexity index is 691. The molecule has 140 valence electrons. The molecule has 1 aromatic rings. The van der Waals surface area contributed by atoms with Crippen molar-refractivity contribution in [2.45, 2.75) is 18.9 Å². The maximum Gasteiger partial charge on any atom is 0.308 e. The van der Waals surface area contributed by atoms with E-state index in [0.717, 1.165) is 0 Å². The van der Waals surface area contributed by atoms with E-state index in [2.05, 4.69) is 16.2 Å². The number of anilines is 1. The van der Waals surface area contributed by atoms with Gasteiger partial charge < -0.3 is 15.3 Å². The van der Waals surface area contributed by atoms with Gasteiger partial charge in [0.05, 0.1) is 11.8 Å². The number of carbonyl (C=O) groups excluding carboxylic acids is 2. The first-order valence-corrected chi connectivity index (χ1v) is 8.50. The molecule has 0 bridgehead atoms. The Morgan fingerprint density at radius 2 is 1.85 bits per heavy atom. The van der Waals surface area contributed by atoms with Crippen LogP contribution in [0.4, 0.5) is 10.1 Å². The molecule has 1 unspecified atom stereocenters. The van der Waals surface area contributed by atoms with Crippen molar-refractivity contribution in [2.75, 3.05) is 25.0 Å². The van der Waals surface area contributed by atoms with Crippen molar-refractivity contribution in [1.82, 2.24) is 15.8 Å². The number of hydrogen-bond acceptors (Lipinski definition) is 5. The number of amides is 2. The summed E-state index contributed by atoms with van der Waals surface area (Å²) < 4.78 is 13.0. The van der Waals surface area contributed by atoms with Crippen LogP contribution in [0.15, 0.2) is 24.3 Å². The Morgan fingerprint density at radius 1 is 1.15 bits per heavy atom. The van der Waals surface area contributed by atoms with E-state index < -0.39 is 29.7 Å². The van der Waals surface area contributed by atoms with Crippen molar-refractivity contribution in [1.29, 1.82) is 0 Å². The topological polar surface area (TPSA) is 111 Å². The van der Waals surface area contributed by atoms with Crippen LogP contribution in [0, 0.1) is 17.7 Å². The molecule has 26 heavy (non-hydrogen) atoms. The minimum atomic E-state index is -1.03. The first-order chi connectivity index (χ1) is 12.4. The highest BCUT2D eigenvalue weighted by Crippen LogP contribution is 2.25. The van der Waals surface area contributed by atoms with E-state index in [1.54, 1.807) is 0 Å². The molecule has 2 saturated heterocycles. The number of nitrogens with zero attached hydrogens (tertiary/aromatic N) is 1. The van der Waals surface area contributed by atoms with Gasteiger partial charge in [0.25, 0.3) is 0 Å². The van der Waals surface area contributed by atoms with Crippen LogP contribution in [0.1, 0.15) is 12.8 Å². The van der Waals surface area contributed by atoms with Crippen LogP contribution in [0.3, 0.4) is 0 Å². The average Bonchev–Trinajstić information content (AvgIpc) is 3.17. The molecule has 8 nitrogen and oxygen atoms in total. The van der Waals surface area contributed by atoms with E-state index in [9.17, 15) is 23.9 Å². The number of carboxylic acid groups (broad SMARTS) is 1. The van der Waals surface area contributed by atoms with Gasteiger partial charge >= 0.3 is 5.97 Å². The van der Waals surface area contributed by atoms with Gasteiger partial charge in [0.2, 0.25) is 11.8 Å².